The molecule has 0 amide bonds. The van der Waals surface area contributed by atoms with Gasteiger partial charge >= 0.3 is 0 Å². The monoisotopic (exact) mass is 689 g/mol. The minimum atomic E-state index is 0.842. The van der Waals surface area contributed by atoms with Crippen LogP contribution in [0.15, 0.2) is 217 Å². The van der Waals surface area contributed by atoms with E-state index >= 15 is 0 Å². The Hall–Kier alpha value is -7.16. The Labute approximate surface area is 314 Å². The molecule has 1 aromatic heterocycles. The first-order valence-corrected chi connectivity index (χ1v) is 18.4. The molecular weight excluding hydrogens is 655 g/mol. The van der Waals surface area contributed by atoms with Gasteiger partial charge in [-0.2, -0.15) is 0 Å². The van der Waals surface area contributed by atoms with E-state index in [1.807, 2.05) is 0 Å². The zero-order valence-corrected chi connectivity index (χ0v) is 29.6. The number of hydrogen-bond donors (Lipinski definition) is 0. The summed E-state index contributed by atoms with van der Waals surface area (Å²) in [6, 6.07) is 75.8. The Morgan fingerprint density at radius 3 is 1.61 bits per heavy atom. The number of rotatable bonds is 7. The van der Waals surface area contributed by atoms with Crippen LogP contribution in [0.25, 0.3) is 77.2 Å². The molecule has 0 spiro atoms. The minimum Gasteiger partial charge on any atom is -0.453 e. The second kappa shape index (κ2) is 13.4. The fourth-order valence-corrected chi connectivity index (χ4v) is 7.80. The average molecular weight is 690 g/mol. The van der Waals surface area contributed by atoms with Gasteiger partial charge in [-0.25, -0.2) is 0 Å². The lowest BCUT2D eigenvalue weighted by Gasteiger charge is -2.28. The summed E-state index contributed by atoms with van der Waals surface area (Å²) in [7, 11) is 0. The molecule has 0 radical (unpaired) electrons. The first-order valence-electron chi connectivity index (χ1n) is 18.4. The summed E-state index contributed by atoms with van der Waals surface area (Å²) in [6.07, 6.45) is 0. The Morgan fingerprint density at radius 2 is 0.870 bits per heavy atom. The van der Waals surface area contributed by atoms with Gasteiger partial charge in [-0.05, 0) is 80.6 Å². The topological polar surface area (TPSA) is 16.4 Å². The minimum absolute atomic E-state index is 0.842. The maximum Gasteiger partial charge on any atom is 0.159 e. The third kappa shape index (κ3) is 5.62. The standard InChI is InChI=1S/C52H35NO/c1-4-15-36(16-5-1)43-34-48-47-25-14-24-46(40-20-8-3-9-21-40)51(47)54-52(48)50(35-43)53(49-26-13-12-23-45(49)39-18-6-2-7-19-39)44-31-29-38(30-32-44)42-28-27-37-17-10-11-22-41(37)33-42/h1-35H. The van der Waals surface area contributed by atoms with Crippen LogP contribution in [0.4, 0.5) is 17.1 Å². The van der Waals surface area contributed by atoms with E-state index < -0.39 is 0 Å². The zero-order valence-electron chi connectivity index (χ0n) is 29.6. The van der Waals surface area contributed by atoms with Crippen molar-refractivity contribution in [2.24, 2.45) is 0 Å². The van der Waals surface area contributed by atoms with Crippen LogP contribution in [0.3, 0.4) is 0 Å². The molecule has 0 unspecified atom stereocenters. The van der Waals surface area contributed by atoms with Crippen LogP contribution >= 0.6 is 0 Å². The molecule has 254 valence electrons. The molecule has 0 N–H and O–H groups in total. The van der Waals surface area contributed by atoms with Gasteiger partial charge in [-0.3, -0.25) is 0 Å². The lowest BCUT2D eigenvalue weighted by Crippen LogP contribution is -2.11. The van der Waals surface area contributed by atoms with Gasteiger partial charge in [0.05, 0.1) is 11.4 Å². The largest absolute Gasteiger partial charge is 0.453 e. The van der Waals surface area contributed by atoms with Crippen molar-refractivity contribution in [3.8, 4) is 44.5 Å². The van der Waals surface area contributed by atoms with Gasteiger partial charge in [0.1, 0.15) is 5.58 Å². The summed E-state index contributed by atoms with van der Waals surface area (Å²) in [4.78, 5) is 2.38. The van der Waals surface area contributed by atoms with E-state index in [-0.39, 0.29) is 0 Å². The van der Waals surface area contributed by atoms with Crippen LogP contribution in [-0.2, 0) is 0 Å². The van der Waals surface area contributed by atoms with Crippen LogP contribution in [0.2, 0.25) is 0 Å². The molecule has 2 nitrogen and oxygen atoms in total. The molecule has 0 fully saturated rings. The van der Waals surface area contributed by atoms with Gasteiger partial charge in [0.2, 0.25) is 0 Å². The molecule has 54 heavy (non-hydrogen) atoms. The van der Waals surface area contributed by atoms with Crippen molar-refractivity contribution >= 4 is 49.8 Å². The molecule has 10 aromatic rings. The maximum absolute atomic E-state index is 7.12. The van der Waals surface area contributed by atoms with Crippen LogP contribution < -0.4 is 4.90 Å². The van der Waals surface area contributed by atoms with Gasteiger partial charge in [0.15, 0.2) is 5.58 Å². The number of benzene rings is 9. The van der Waals surface area contributed by atoms with E-state index in [0.29, 0.717) is 0 Å². The van der Waals surface area contributed by atoms with Crippen molar-refractivity contribution in [3.63, 3.8) is 0 Å². The van der Waals surface area contributed by atoms with Crippen LogP contribution in [0.5, 0.6) is 0 Å². The van der Waals surface area contributed by atoms with Gasteiger partial charge in [-0.15, -0.1) is 0 Å². The highest BCUT2D eigenvalue weighted by Gasteiger charge is 2.24. The SMILES string of the molecule is c1ccc(-c2cc(N(c3ccc(-c4ccc5ccccc5c4)cc3)c3ccccc3-c3ccccc3)c3oc4c(-c5ccccc5)cccc4c3c2)cc1. The second-order valence-electron chi connectivity index (χ2n) is 13.7. The molecule has 0 aliphatic carbocycles. The Bertz CT molecular complexity index is 2910. The molecular formula is C52H35NO. The third-order valence-corrected chi connectivity index (χ3v) is 10.4. The number of furan rings is 1. The molecule has 9 aromatic carbocycles. The Morgan fingerprint density at radius 1 is 0.296 bits per heavy atom. The normalized spacial score (nSPS) is 11.3. The summed E-state index contributed by atoms with van der Waals surface area (Å²) in [5, 5.41) is 4.64. The molecule has 0 aliphatic heterocycles. The van der Waals surface area contributed by atoms with Crippen molar-refractivity contribution in [1.82, 2.24) is 0 Å². The average Bonchev–Trinajstić information content (AvgIpc) is 3.64. The molecule has 0 bridgehead atoms. The summed E-state index contributed by atoms with van der Waals surface area (Å²) in [5.41, 5.74) is 13.9. The summed E-state index contributed by atoms with van der Waals surface area (Å²) in [6.45, 7) is 0. The molecule has 0 saturated heterocycles. The number of fused-ring (bicyclic) bond motifs is 4. The third-order valence-electron chi connectivity index (χ3n) is 10.4. The van der Waals surface area contributed by atoms with Crippen LogP contribution in [-0.4, -0.2) is 0 Å². The lowest BCUT2D eigenvalue weighted by molar-refractivity contribution is 0.670. The van der Waals surface area contributed by atoms with Gasteiger partial charge < -0.3 is 9.32 Å². The smallest absolute Gasteiger partial charge is 0.159 e. The van der Waals surface area contributed by atoms with E-state index in [1.54, 1.807) is 0 Å². The van der Waals surface area contributed by atoms with E-state index in [2.05, 4.69) is 217 Å². The highest BCUT2D eigenvalue weighted by Crippen LogP contribution is 2.48. The first-order chi connectivity index (χ1) is 26.8. The van der Waals surface area contributed by atoms with Crippen molar-refractivity contribution in [3.05, 3.63) is 212 Å². The number of anilines is 3. The van der Waals surface area contributed by atoms with Crippen LogP contribution in [0.1, 0.15) is 0 Å². The fraction of sp³-hybridized carbons (Fsp3) is 0. The summed E-state index contributed by atoms with van der Waals surface area (Å²) >= 11 is 0. The summed E-state index contributed by atoms with van der Waals surface area (Å²) < 4.78 is 7.12. The Balaban J connectivity index is 1.24. The molecule has 10 rings (SSSR count). The highest BCUT2D eigenvalue weighted by molar-refractivity contribution is 6.15. The lowest BCUT2D eigenvalue weighted by atomic mass is 9.97. The fourth-order valence-electron chi connectivity index (χ4n) is 7.80. The van der Waals surface area contributed by atoms with E-state index in [0.717, 1.165) is 72.4 Å². The van der Waals surface area contributed by atoms with Crippen molar-refractivity contribution in [2.75, 3.05) is 4.90 Å². The molecule has 0 saturated carbocycles. The van der Waals surface area contributed by atoms with Crippen molar-refractivity contribution in [2.45, 2.75) is 0 Å². The quantitative estimate of drug-likeness (QED) is 0.166. The van der Waals surface area contributed by atoms with Crippen LogP contribution in [0, 0.1) is 0 Å². The Kier molecular flexibility index (Phi) is 7.85. The first kappa shape index (κ1) is 31.6. The number of para-hydroxylation sites is 2. The molecule has 0 aliphatic rings. The molecule has 2 heteroatoms. The van der Waals surface area contributed by atoms with Gasteiger partial charge in [0.25, 0.3) is 0 Å². The van der Waals surface area contributed by atoms with E-state index in [1.165, 1.54) is 21.9 Å². The predicted molar refractivity (Wildman–Crippen MR) is 228 cm³/mol. The van der Waals surface area contributed by atoms with E-state index in [4.69, 9.17) is 4.42 Å². The zero-order chi connectivity index (χ0) is 35.8. The predicted octanol–water partition coefficient (Wildman–Crippen LogP) is 14.9. The summed E-state index contributed by atoms with van der Waals surface area (Å²) in [5.74, 6) is 0. The number of nitrogens with zero attached hydrogens (tertiary/aromatic N) is 1. The second-order valence-corrected chi connectivity index (χ2v) is 13.7. The molecule has 0 atom stereocenters. The van der Waals surface area contributed by atoms with Crippen molar-refractivity contribution < 1.29 is 4.42 Å². The highest BCUT2D eigenvalue weighted by atomic mass is 16.3. The van der Waals surface area contributed by atoms with Gasteiger partial charge in [-0.1, -0.05) is 176 Å². The maximum atomic E-state index is 7.12. The van der Waals surface area contributed by atoms with Crippen molar-refractivity contribution in [1.29, 1.82) is 0 Å². The molecule has 1 heterocycles. The van der Waals surface area contributed by atoms with Gasteiger partial charge in [0, 0.05) is 27.6 Å². The van der Waals surface area contributed by atoms with E-state index in [9.17, 15) is 0 Å². The number of hydrogen-bond acceptors (Lipinski definition) is 2.